The molecule has 0 saturated carbocycles. The normalized spacial score (nSPS) is 16.4. The van der Waals surface area contributed by atoms with Crippen LogP contribution in [0, 0.1) is 0 Å². The fraction of sp³-hybridized carbons (Fsp3) is 0.316. The lowest BCUT2D eigenvalue weighted by molar-refractivity contribution is 0.264. The third-order valence-corrected chi connectivity index (χ3v) is 5.44. The number of benzene rings is 1. The van der Waals surface area contributed by atoms with Crippen LogP contribution in [-0.2, 0) is 0 Å². The van der Waals surface area contributed by atoms with Crippen LogP contribution in [0.25, 0.3) is 27.8 Å². The molecular weight excluding hydrogens is 362 g/mol. The summed E-state index contributed by atoms with van der Waals surface area (Å²) < 4.78 is 1.82. The largest absolute Gasteiger partial charge is 0.379 e. The van der Waals surface area contributed by atoms with Gasteiger partial charge < -0.3 is 10.2 Å². The lowest BCUT2D eigenvalue weighted by Gasteiger charge is -2.30. The molecule has 0 bridgehead atoms. The topological polar surface area (TPSA) is 74.1 Å². The average molecular weight is 382 g/mol. The van der Waals surface area contributed by atoms with Crippen LogP contribution in [0.4, 0.5) is 5.69 Å². The number of fused-ring (bicyclic) bond motifs is 2. The minimum Gasteiger partial charge on any atom is -0.379 e. The van der Waals surface area contributed by atoms with E-state index in [1.807, 2.05) is 35.1 Å². The predicted molar refractivity (Wildman–Crippen MR) is 107 cm³/mol. The number of nitrogens with zero attached hydrogens (tertiary/aromatic N) is 5. The van der Waals surface area contributed by atoms with Gasteiger partial charge in [-0.1, -0.05) is 17.7 Å². The molecule has 0 aliphatic carbocycles. The minimum atomic E-state index is 0.422. The first kappa shape index (κ1) is 16.5. The first-order chi connectivity index (χ1) is 13.2. The van der Waals surface area contributed by atoms with Crippen molar-refractivity contribution in [1.29, 1.82) is 0 Å². The monoisotopic (exact) mass is 381 g/mol. The third kappa shape index (κ3) is 3.02. The number of halogens is 1. The maximum atomic E-state index is 6.34. The number of rotatable bonds is 3. The smallest absolute Gasteiger partial charge is 0.177 e. The van der Waals surface area contributed by atoms with E-state index in [-0.39, 0.29) is 0 Å². The Morgan fingerprint density at radius 2 is 2.04 bits per heavy atom. The third-order valence-electron chi connectivity index (χ3n) is 5.25. The summed E-state index contributed by atoms with van der Waals surface area (Å²) in [5, 5.41) is 16.7. The van der Waals surface area contributed by atoms with Crippen LogP contribution in [0.1, 0.15) is 12.8 Å². The Hall–Kier alpha value is -2.64. The van der Waals surface area contributed by atoms with E-state index >= 15 is 0 Å². The zero-order valence-corrected chi connectivity index (χ0v) is 15.7. The molecule has 4 aromatic rings. The van der Waals surface area contributed by atoms with Crippen LogP contribution in [0.15, 0.2) is 36.7 Å². The van der Waals surface area contributed by atoms with Crippen LogP contribution in [0.3, 0.4) is 0 Å². The van der Waals surface area contributed by atoms with E-state index in [0.717, 1.165) is 59.4 Å². The summed E-state index contributed by atoms with van der Waals surface area (Å²) in [6.07, 6.45) is 5.87. The second-order valence-electron chi connectivity index (χ2n) is 7.15. The molecule has 5 rings (SSSR count). The molecule has 8 heteroatoms. The van der Waals surface area contributed by atoms with Gasteiger partial charge in [0.2, 0.25) is 0 Å². The predicted octanol–water partition coefficient (Wildman–Crippen LogP) is 3.43. The molecule has 4 heterocycles. The summed E-state index contributed by atoms with van der Waals surface area (Å²) in [6.45, 7) is 2.19. The highest BCUT2D eigenvalue weighted by Gasteiger charge is 2.19. The highest BCUT2D eigenvalue weighted by Crippen LogP contribution is 2.28. The molecule has 27 heavy (non-hydrogen) atoms. The Kier molecular flexibility index (Phi) is 3.98. The van der Waals surface area contributed by atoms with Gasteiger partial charge in [0.15, 0.2) is 10.8 Å². The zero-order chi connectivity index (χ0) is 18.4. The van der Waals surface area contributed by atoms with Crippen molar-refractivity contribution >= 4 is 33.8 Å². The number of hydrogen-bond acceptors (Lipinski definition) is 5. The summed E-state index contributed by atoms with van der Waals surface area (Å²) in [6, 6.07) is 8.42. The second-order valence-corrected chi connectivity index (χ2v) is 7.54. The number of H-pyrrole nitrogens is 1. The fourth-order valence-electron chi connectivity index (χ4n) is 3.72. The van der Waals surface area contributed by atoms with E-state index in [0.29, 0.717) is 11.2 Å². The van der Waals surface area contributed by atoms with Crippen molar-refractivity contribution in [2.24, 2.45) is 0 Å². The number of aromatic nitrogens is 5. The van der Waals surface area contributed by atoms with Gasteiger partial charge in [0.25, 0.3) is 0 Å². The molecule has 138 valence electrons. The lowest BCUT2D eigenvalue weighted by atomic mass is 10.1. The summed E-state index contributed by atoms with van der Waals surface area (Å²) in [4.78, 5) is 6.98. The van der Waals surface area contributed by atoms with Crippen molar-refractivity contribution in [1.82, 2.24) is 29.7 Å². The summed E-state index contributed by atoms with van der Waals surface area (Å²) in [5.74, 6) is 0. The van der Waals surface area contributed by atoms with Gasteiger partial charge >= 0.3 is 0 Å². The van der Waals surface area contributed by atoms with E-state index in [9.17, 15) is 0 Å². The summed E-state index contributed by atoms with van der Waals surface area (Å²) in [5.41, 5.74) is 4.66. The molecule has 7 nitrogen and oxygen atoms in total. The number of nitrogens with one attached hydrogen (secondary N) is 2. The van der Waals surface area contributed by atoms with E-state index in [1.54, 1.807) is 0 Å². The lowest BCUT2D eigenvalue weighted by Crippen LogP contribution is -2.36. The first-order valence-corrected chi connectivity index (χ1v) is 9.48. The number of piperidine rings is 1. The molecule has 1 aromatic carbocycles. The maximum Gasteiger partial charge on any atom is 0.177 e. The summed E-state index contributed by atoms with van der Waals surface area (Å²) >= 11 is 6.34. The van der Waals surface area contributed by atoms with Gasteiger partial charge in [-0.15, -0.1) is 0 Å². The van der Waals surface area contributed by atoms with E-state index < -0.39 is 0 Å². The number of aromatic amines is 1. The number of likely N-dealkylation sites (tertiary alicyclic amines) is 1. The van der Waals surface area contributed by atoms with Gasteiger partial charge in [0.05, 0.1) is 29.3 Å². The SMILES string of the molecule is CN1CCC(Nc2cc(Cl)nn3c(-c4ccc5[nH]ncc5c4)cnc23)CC1. The quantitative estimate of drug-likeness (QED) is 0.568. The molecule has 0 unspecified atom stereocenters. The van der Waals surface area contributed by atoms with Crippen molar-refractivity contribution in [2.45, 2.75) is 18.9 Å². The Morgan fingerprint density at radius 3 is 2.89 bits per heavy atom. The van der Waals surface area contributed by atoms with Crippen LogP contribution >= 0.6 is 11.6 Å². The van der Waals surface area contributed by atoms with Crippen LogP contribution < -0.4 is 5.32 Å². The van der Waals surface area contributed by atoms with Gasteiger partial charge in [-0.3, -0.25) is 5.10 Å². The summed E-state index contributed by atoms with van der Waals surface area (Å²) in [7, 11) is 2.16. The van der Waals surface area contributed by atoms with Crippen molar-refractivity contribution in [2.75, 3.05) is 25.5 Å². The Labute approximate surface area is 161 Å². The highest BCUT2D eigenvalue weighted by atomic mass is 35.5. The molecule has 0 amide bonds. The minimum absolute atomic E-state index is 0.422. The van der Waals surface area contributed by atoms with E-state index in [4.69, 9.17) is 11.6 Å². The van der Waals surface area contributed by atoms with Gasteiger partial charge in [-0.25, -0.2) is 9.50 Å². The van der Waals surface area contributed by atoms with Gasteiger partial charge in [0, 0.05) is 23.1 Å². The Balaban J connectivity index is 1.54. The molecule has 1 fully saturated rings. The van der Waals surface area contributed by atoms with Crippen LogP contribution in [0.5, 0.6) is 0 Å². The standard InChI is InChI=1S/C19H20ClN7/c1-26-6-4-14(5-7-26)23-16-9-18(20)25-27-17(11-21-19(16)27)12-2-3-15-13(8-12)10-22-24-15/h2-3,8-11,14,23H,4-7H2,1H3,(H,22,24). The van der Waals surface area contributed by atoms with Gasteiger partial charge in [-0.05, 0) is 45.1 Å². The molecule has 1 aliphatic heterocycles. The van der Waals surface area contributed by atoms with Crippen LogP contribution in [-0.4, -0.2) is 55.9 Å². The molecule has 0 radical (unpaired) electrons. The molecule has 1 aliphatic rings. The Bertz CT molecular complexity index is 1110. The van der Waals surface area contributed by atoms with E-state index in [2.05, 4.69) is 43.6 Å². The Morgan fingerprint density at radius 1 is 1.19 bits per heavy atom. The number of imidazole rings is 1. The molecule has 2 N–H and O–H groups in total. The second kappa shape index (κ2) is 6.51. The van der Waals surface area contributed by atoms with Gasteiger partial charge in [-0.2, -0.15) is 10.2 Å². The molecular formula is C19H20ClN7. The van der Waals surface area contributed by atoms with Crippen molar-refractivity contribution in [3.63, 3.8) is 0 Å². The zero-order valence-electron chi connectivity index (χ0n) is 15.0. The van der Waals surface area contributed by atoms with Gasteiger partial charge in [0.1, 0.15) is 0 Å². The molecule has 1 saturated heterocycles. The number of hydrogen-bond donors (Lipinski definition) is 2. The maximum absolute atomic E-state index is 6.34. The van der Waals surface area contributed by atoms with Crippen molar-refractivity contribution in [3.05, 3.63) is 41.8 Å². The molecule has 3 aromatic heterocycles. The van der Waals surface area contributed by atoms with E-state index in [1.165, 1.54) is 0 Å². The highest BCUT2D eigenvalue weighted by molar-refractivity contribution is 6.29. The number of anilines is 1. The van der Waals surface area contributed by atoms with Crippen molar-refractivity contribution in [3.8, 4) is 11.3 Å². The first-order valence-electron chi connectivity index (χ1n) is 9.10. The fourth-order valence-corrected chi connectivity index (χ4v) is 3.90. The van der Waals surface area contributed by atoms with Crippen LogP contribution in [0.2, 0.25) is 5.15 Å². The molecule has 0 spiro atoms. The average Bonchev–Trinajstić information content (AvgIpc) is 3.29. The molecule has 0 atom stereocenters. The van der Waals surface area contributed by atoms with Crippen molar-refractivity contribution < 1.29 is 0 Å².